The van der Waals surface area contributed by atoms with Gasteiger partial charge in [0.1, 0.15) is 12.1 Å². The maximum atomic E-state index is 14.3. The summed E-state index contributed by atoms with van der Waals surface area (Å²) in [6, 6.07) is 5.83. The molecule has 224 valence electrons. The molecular formula is C29H45Cl2N5O4. The normalized spacial score (nSPS) is 27.8. The first-order chi connectivity index (χ1) is 18.4. The predicted molar refractivity (Wildman–Crippen MR) is 159 cm³/mol. The van der Waals surface area contributed by atoms with Crippen molar-refractivity contribution in [2.45, 2.75) is 94.6 Å². The molecule has 1 saturated carbocycles. The van der Waals surface area contributed by atoms with E-state index < -0.39 is 30.3 Å². The molecule has 4 N–H and O–H groups in total. The largest absolute Gasteiger partial charge is 0.390 e. The zero-order valence-electron chi connectivity index (χ0n) is 23.5. The maximum Gasteiger partial charge on any atom is 0.246 e. The third-order valence-electron chi connectivity index (χ3n) is 9.29. The highest BCUT2D eigenvalue weighted by Crippen LogP contribution is 2.33. The summed E-state index contributed by atoms with van der Waals surface area (Å²) in [4.78, 5) is 45.1. The van der Waals surface area contributed by atoms with Crippen molar-refractivity contribution in [2.75, 3.05) is 26.7 Å². The van der Waals surface area contributed by atoms with Crippen LogP contribution in [0.15, 0.2) is 24.3 Å². The van der Waals surface area contributed by atoms with Crippen LogP contribution in [-0.4, -0.2) is 89.6 Å². The van der Waals surface area contributed by atoms with Crippen LogP contribution in [0.3, 0.4) is 0 Å². The van der Waals surface area contributed by atoms with Crippen LogP contribution in [0.4, 0.5) is 0 Å². The lowest BCUT2D eigenvalue weighted by Gasteiger charge is -2.45. The molecule has 4 aliphatic rings. The summed E-state index contributed by atoms with van der Waals surface area (Å²) >= 11 is 0. The number of nitrogens with one attached hydrogen (secondary N) is 3. The monoisotopic (exact) mass is 597 g/mol. The van der Waals surface area contributed by atoms with Gasteiger partial charge in [0.25, 0.3) is 0 Å². The van der Waals surface area contributed by atoms with Gasteiger partial charge in [0, 0.05) is 25.6 Å². The molecule has 2 aliphatic carbocycles. The van der Waals surface area contributed by atoms with Crippen molar-refractivity contribution in [1.29, 1.82) is 0 Å². The molecule has 0 bridgehead atoms. The van der Waals surface area contributed by atoms with E-state index in [0.717, 1.165) is 62.6 Å². The lowest BCUT2D eigenvalue weighted by molar-refractivity contribution is -0.149. The second-order valence-electron chi connectivity index (χ2n) is 11.6. The van der Waals surface area contributed by atoms with Gasteiger partial charge in [0.2, 0.25) is 17.7 Å². The zero-order valence-corrected chi connectivity index (χ0v) is 25.1. The Bertz CT molecular complexity index is 1040. The number of hydrogen-bond acceptors (Lipinski definition) is 6. The van der Waals surface area contributed by atoms with Crippen LogP contribution in [0.25, 0.3) is 0 Å². The van der Waals surface area contributed by atoms with E-state index in [0.29, 0.717) is 19.5 Å². The minimum atomic E-state index is -0.694. The number of halogens is 2. The number of aliphatic hydroxyl groups excluding tert-OH is 1. The maximum absolute atomic E-state index is 14.3. The molecule has 9 nitrogen and oxygen atoms in total. The van der Waals surface area contributed by atoms with Gasteiger partial charge in [-0.05, 0) is 63.2 Å². The molecule has 5 rings (SSSR count). The number of hydrogen-bond donors (Lipinski definition) is 4. The van der Waals surface area contributed by atoms with E-state index in [2.05, 4.69) is 20.9 Å². The van der Waals surface area contributed by atoms with Crippen molar-refractivity contribution >= 4 is 42.5 Å². The van der Waals surface area contributed by atoms with Gasteiger partial charge >= 0.3 is 0 Å². The number of likely N-dealkylation sites (N-methyl/N-ethyl adjacent to an activating group) is 1. The fraction of sp³-hybridized carbons (Fsp3) is 0.690. The number of rotatable bonds is 7. The summed E-state index contributed by atoms with van der Waals surface area (Å²) in [7, 11) is 1.73. The van der Waals surface area contributed by atoms with Gasteiger partial charge in [-0.1, -0.05) is 43.5 Å². The number of carbonyl (C=O) groups excluding carboxylic acids is 3. The highest BCUT2D eigenvalue weighted by molar-refractivity contribution is 5.93. The van der Waals surface area contributed by atoms with Crippen molar-refractivity contribution in [3.05, 3.63) is 35.4 Å². The highest BCUT2D eigenvalue weighted by atomic mass is 35.5. The van der Waals surface area contributed by atoms with Crippen LogP contribution in [0.1, 0.15) is 69.0 Å². The van der Waals surface area contributed by atoms with Gasteiger partial charge < -0.3 is 26.0 Å². The fourth-order valence-corrected chi connectivity index (χ4v) is 6.92. The molecule has 1 aromatic carbocycles. The van der Waals surface area contributed by atoms with Gasteiger partial charge in [0.15, 0.2) is 0 Å². The van der Waals surface area contributed by atoms with Crippen LogP contribution >= 0.6 is 24.8 Å². The molecule has 3 amide bonds. The summed E-state index contributed by atoms with van der Waals surface area (Å²) in [5.74, 6) is -0.505. The molecule has 0 spiro atoms. The Morgan fingerprint density at radius 3 is 2.45 bits per heavy atom. The Morgan fingerprint density at radius 2 is 1.73 bits per heavy atom. The standard InChI is InChI=1S/C29H43N5O4.2ClH/c1-18(30-2)27(36)31-25(19-9-4-3-5-10-19)29(38)34-16-21-12-8-14-33(21)17-23(34)28(37)32-26-22-13-7-6-11-20(22)15-24(26)35;;/h6-7,11,13,18-19,21,23-26,30,35H,3-5,8-10,12,14-17H2,1-2H3,(H,31,36)(H,32,37);2*1H/t18-,21+,23-,24-,25-,26-;;/m0../s1. The summed E-state index contributed by atoms with van der Waals surface area (Å²) in [6.45, 7) is 3.68. The fourth-order valence-electron chi connectivity index (χ4n) is 6.92. The summed E-state index contributed by atoms with van der Waals surface area (Å²) in [5.41, 5.74) is 1.98. The van der Waals surface area contributed by atoms with Crippen molar-refractivity contribution in [3.8, 4) is 0 Å². The van der Waals surface area contributed by atoms with Crippen molar-refractivity contribution in [3.63, 3.8) is 0 Å². The SMILES string of the molecule is CN[C@@H](C)C(=O)N[C@H](C(=O)N1C[C@H]2CCCN2C[C@H]1C(=O)N[C@H]1c2ccccc2C[C@@H]1O)C1CCCCC1.Cl.Cl. The number of fused-ring (bicyclic) bond motifs is 2. The van der Waals surface area contributed by atoms with E-state index in [1.807, 2.05) is 24.3 Å². The van der Waals surface area contributed by atoms with Gasteiger partial charge in [-0.2, -0.15) is 0 Å². The van der Waals surface area contributed by atoms with Crippen molar-refractivity contribution in [1.82, 2.24) is 25.8 Å². The average molecular weight is 599 g/mol. The van der Waals surface area contributed by atoms with E-state index in [1.165, 1.54) is 0 Å². The average Bonchev–Trinajstić information content (AvgIpc) is 3.53. The Morgan fingerprint density at radius 1 is 1.00 bits per heavy atom. The van der Waals surface area contributed by atoms with Crippen LogP contribution < -0.4 is 16.0 Å². The van der Waals surface area contributed by atoms with E-state index in [9.17, 15) is 19.5 Å². The molecule has 0 aromatic heterocycles. The third kappa shape index (κ3) is 6.76. The second-order valence-corrected chi connectivity index (χ2v) is 11.6. The van der Waals surface area contributed by atoms with Crippen molar-refractivity contribution in [2.24, 2.45) is 5.92 Å². The highest BCUT2D eigenvalue weighted by Gasteiger charge is 2.46. The van der Waals surface area contributed by atoms with Gasteiger partial charge in [0.05, 0.1) is 18.2 Å². The zero-order chi connectivity index (χ0) is 26.8. The number of nitrogens with zero attached hydrogens (tertiary/aromatic N) is 2. The smallest absolute Gasteiger partial charge is 0.246 e. The van der Waals surface area contributed by atoms with Gasteiger partial charge in [-0.25, -0.2) is 0 Å². The Labute approximate surface area is 250 Å². The summed E-state index contributed by atoms with van der Waals surface area (Å²) in [5, 5.41) is 19.9. The molecule has 40 heavy (non-hydrogen) atoms. The first-order valence-corrected chi connectivity index (χ1v) is 14.5. The molecule has 1 aromatic rings. The van der Waals surface area contributed by atoms with Gasteiger partial charge in [-0.15, -0.1) is 24.8 Å². The minimum absolute atomic E-state index is 0. The number of piperazine rings is 1. The second kappa shape index (κ2) is 14.3. The van der Waals surface area contributed by atoms with Crippen LogP contribution in [0.2, 0.25) is 0 Å². The predicted octanol–water partition coefficient (Wildman–Crippen LogP) is 1.95. The third-order valence-corrected chi connectivity index (χ3v) is 9.29. The quantitative estimate of drug-likeness (QED) is 0.382. The van der Waals surface area contributed by atoms with Crippen LogP contribution in [0, 0.1) is 5.92 Å². The number of aliphatic hydroxyl groups is 1. The van der Waals surface area contributed by atoms with Crippen LogP contribution in [0.5, 0.6) is 0 Å². The first kappa shape index (κ1) is 32.6. The first-order valence-electron chi connectivity index (χ1n) is 14.5. The van der Waals surface area contributed by atoms with E-state index in [4.69, 9.17) is 0 Å². The molecule has 2 saturated heterocycles. The summed E-state index contributed by atoms with van der Waals surface area (Å²) in [6.07, 6.45) is 6.91. The molecular weight excluding hydrogens is 553 g/mol. The van der Waals surface area contributed by atoms with E-state index in [1.54, 1.807) is 18.9 Å². The molecule has 11 heteroatoms. The topological polar surface area (TPSA) is 114 Å². The summed E-state index contributed by atoms with van der Waals surface area (Å²) < 4.78 is 0. The molecule has 2 heterocycles. The molecule has 0 radical (unpaired) electrons. The number of amides is 3. The van der Waals surface area contributed by atoms with Crippen molar-refractivity contribution < 1.29 is 19.5 Å². The molecule has 2 aliphatic heterocycles. The molecule has 6 atom stereocenters. The lowest BCUT2D eigenvalue weighted by Crippen LogP contribution is -2.66. The molecule has 3 fully saturated rings. The van der Waals surface area contributed by atoms with Gasteiger partial charge in [-0.3, -0.25) is 19.3 Å². The number of carbonyl (C=O) groups is 3. The minimum Gasteiger partial charge on any atom is -0.390 e. The van der Waals surface area contributed by atoms with E-state index >= 15 is 0 Å². The Hall–Kier alpha value is -1.91. The van der Waals surface area contributed by atoms with E-state index in [-0.39, 0.29) is 54.5 Å². The lowest BCUT2D eigenvalue weighted by atomic mass is 9.82. The Balaban J connectivity index is 0.00000220. The molecule has 0 unspecified atom stereocenters. The Kier molecular flexibility index (Phi) is 11.7. The number of benzene rings is 1. The van der Waals surface area contributed by atoms with Crippen LogP contribution in [-0.2, 0) is 20.8 Å².